The molecule has 7 nitrogen and oxygen atoms in total. The lowest BCUT2D eigenvalue weighted by Gasteiger charge is -2.09. The molecule has 26 heavy (non-hydrogen) atoms. The van der Waals surface area contributed by atoms with E-state index in [9.17, 15) is 18.8 Å². The van der Waals surface area contributed by atoms with E-state index in [1.807, 2.05) is 0 Å². The van der Waals surface area contributed by atoms with Crippen molar-refractivity contribution in [3.8, 4) is 0 Å². The van der Waals surface area contributed by atoms with Crippen LogP contribution in [0.15, 0.2) is 47.5 Å². The Morgan fingerprint density at radius 3 is 2.69 bits per heavy atom. The number of rotatable bonds is 4. The summed E-state index contributed by atoms with van der Waals surface area (Å²) in [6.07, 6.45) is 1.21. The summed E-state index contributed by atoms with van der Waals surface area (Å²) < 4.78 is 14.4. The maximum atomic E-state index is 13.3. The SMILES string of the molecule is NC(=O)c1ccc(NC(=O)Cn2cnc3ccc(F)cc3c2=O)cc1Cl. The van der Waals surface area contributed by atoms with E-state index in [1.54, 1.807) is 0 Å². The number of nitrogens with zero attached hydrogens (tertiary/aromatic N) is 2. The van der Waals surface area contributed by atoms with Gasteiger partial charge in [-0.3, -0.25) is 19.0 Å². The molecule has 0 radical (unpaired) electrons. The molecule has 9 heteroatoms. The van der Waals surface area contributed by atoms with Crippen molar-refractivity contribution in [2.24, 2.45) is 5.73 Å². The third-order valence-electron chi connectivity index (χ3n) is 3.62. The number of primary amides is 1. The predicted octanol–water partition coefficient (Wildman–Crippen LogP) is 1.93. The van der Waals surface area contributed by atoms with Crippen LogP contribution in [0.1, 0.15) is 10.4 Å². The van der Waals surface area contributed by atoms with Gasteiger partial charge in [-0.2, -0.15) is 0 Å². The summed E-state index contributed by atoms with van der Waals surface area (Å²) in [6.45, 7) is -0.326. The lowest BCUT2D eigenvalue weighted by Crippen LogP contribution is -2.28. The molecule has 0 aliphatic heterocycles. The van der Waals surface area contributed by atoms with Crippen LogP contribution in [-0.2, 0) is 11.3 Å². The van der Waals surface area contributed by atoms with E-state index in [0.29, 0.717) is 11.2 Å². The van der Waals surface area contributed by atoms with Gasteiger partial charge in [-0.1, -0.05) is 11.6 Å². The number of nitrogens with one attached hydrogen (secondary N) is 1. The third kappa shape index (κ3) is 3.55. The van der Waals surface area contributed by atoms with Crippen LogP contribution in [0.25, 0.3) is 10.9 Å². The van der Waals surface area contributed by atoms with Crippen LogP contribution in [0.2, 0.25) is 5.02 Å². The van der Waals surface area contributed by atoms with Gasteiger partial charge in [-0.15, -0.1) is 0 Å². The van der Waals surface area contributed by atoms with Gasteiger partial charge in [-0.05, 0) is 36.4 Å². The van der Waals surface area contributed by atoms with Crippen LogP contribution in [0.5, 0.6) is 0 Å². The molecule has 0 saturated carbocycles. The normalized spacial score (nSPS) is 10.7. The molecule has 132 valence electrons. The first-order valence-electron chi connectivity index (χ1n) is 7.39. The van der Waals surface area contributed by atoms with Crippen molar-refractivity contribution < 1.29 is 14.0 Å². The highest BCUT2D eigenvalue weighted by Crippen LogP contribution is 2.20. The number of nitrogens with two attached hydrogens (primary N) is 1. The lowest BCUT2D eigenvalue weighted by atomic mass is 10.2. The molecule has 1 heterocycles. The summed E-state index contributed by atoms with van der Waals surface area (Å²) in [7, 11) is 0. The molecule has 0 unspecified atom stereocenters. The molecule has 2 aromatic carbocycles. The van der Waals surface area contributed by atoms with Gasteiger partial charge in [0.05, 0.1) is 27.8 Å². The van der Waals surface area contributed by atoms with E-state index in [1.165, 1.54) is 36.7 Å². The molecule has 0 bridgehead atoms. The molecule has 2 amide bonds. The fraction of sp³-hybridized carbons (Fsp3) is 0.0588. The van der Waals surface area contributed by atoms with Gasteiger partial charge in [0.15, 0.2) is 0 Å². The minimum atomic E-state index is -0.686. The summed E-state index contributed by atoms with van der Waals surface area (Å²) in [6, 6.07) is 7.87. The Kier molecular flexibility index (Phi) is 4.68. The first-order valence-corrected chi connectivity index (χ1v) is 7.77. The average Bonchev–Trinajstić information content (AvgIpc) is 2.57. The van der Waals surface area contributed by atoms with E-state index in [2.05, 4.69) is 10.3 Å². The number of halogens is 2. The molecule has 0 aliphatic rings. The average molecular weight is 375 g/mol. The second-order valence-electron chi connectivity index (χ2n) is 5.45. The van der Waals surface area contributed by atoms with E-state index in [-0.39, 0.29) is 22.5 Å². The van der Waals surface area contributed by atoms with Crippen molar-refractivity contribution in [3.05, 3.63) is 69.5 Å². The first-order chi connectivity index (χ1) is 12.3. The monoisotopic (exact) mass is 374 g/mol. The topological polar surface area (TPSA) is 107 Å². The summed E-state index contributed by atoms with van der Waals surface area (Å²) in [5.74, 6) is -1.77. The van der Waals surface area contributed by atoms with Crippen molar-refractivity contribution in [1.29, 1.82) is 0 Å². The van der Waals surface area contributed by atoms with Crippen LogP contribution in [0, 0.1) is 5.82 Å². The van der Waals surface area contributed by atoms with Gasteiger partial charge >= 0.3 is 0 Å². The van der Waals surface area contributed by atoms with Gasteiger partial charge in [0.25, 0.3) is 5.56 Å². The van der Waals surface area contributed by atoms with Gasteiger partial charge < -0.3 is 11.1 Å². The second kappa shape index (κ2) is 6.93. The zero-order valence-corrected chi connectivity index (χ0v) is 14.0. The van der Waals surface area contributed by atoms with Gasteiger partial charge in [0.2, 0.25) is 11.8 Å². The largest absolute Gasteiger partial charge is 0.366 e. The smallest absolute Gasteiger partial charge is 0.261 e. The summed E-state index contributed by atoms with van der Waals surface area (Å²) in [5, 5.41) is 2.72. The zero-order chi connectivity index (χ0) is 18.8. The van der Waals surface area contributed by atoms with Crippen molar-refractivity contribution in [1.82, 2.24) is 9.55 Å². The standard InChI is InChI=1S/C17H12ClFN4O3/c18-13-6-10(2-3-11(13)16(20)25)22-15(24)7-23-8-21-14-4-1-9(19)5-12(14)17(23)26/h1-6,8H,7H2,(H2,20,25)(H,22,24). The molecule has 0 spiro atoms. The molecule has 0 aliphatic carbocycles. The van der Waals surface area contributed by atoms with Crippen LogP contribution >= 0.6 is 11.6 Å². The van der Waals surface area contributed by atoms with E-state index in [0.717, 1.165) is 10.6 Å². The number of hydrogen-bond acceptors (Lipinski definition) is 4. The summed E-state index contributed by atoms with van der Waals surface area (Å²) in [5.41, 5.74) is 5.42. The van der Waals surface area contributed by atoms with Crippen molar-refractivity contribution >= 4 is 40.0 Å². The van der Waals surface area contributed by atoms with E-state index >= 15 is 0 Å². The fourth-order valence-corrected chi connectivity index (χ4v) is 2.67. The molecule has 1 aromatic heterocycles. The minimum absolute atomic E-state index is 0.0779. The number of carbonyl (C=O) groups excluding carboxylic acids is 2. The molecular weight excluding hydrogens is 363 g/mol. The molecule has 3 rings (SSSR count). The highest BCUT2D eigenvalue weighted by Gasteiger charge is 2.11. The van der Waals surface area contributed by atoms with Crippen molar-refractivity contribution in [2.75, 3.05) is 5.32 Å². The number of aromatic nitrogens is 2. The van der Waals surface area contributed by atoms with Crippen LogP contribution < -0.4 is 16.6 Å². The summed E-state index contributed by atoms with van der Waals surface area (Å²) in [4.78, 5) is 39.7. The Morgan fingerprint density at radius 2 is 2.00 bits per heavy atom. The van der Waals surface area contributed by atoms with Crippen LogP contribution in [-0.4, -0.2) is 21.4 Å². The van der Waals surface area contributed by atoms with Crippen LogP contribution in [0.3, 0.4) is 0 Å². The fourth-order valence-electron chi connectivity index (χ4n) is 2.39. The highest BCUT2D eigenvalue weighted by atomic mass is 35.5. The van der Waals surface area contributed by atoms with E-state index < -0.39 is 23.2 Å². The van der Waals surface area contributed by atoms with Gasteiger partial charge in [0.1, 0.15) is 12.4 Å². The van der Waals surface area contributed by atoms with Gasteiger partial charge in [-0.25, -0.2) is 9.37 Å². The van der Waals surface area contributed by atoms with Gasteiger partial charge in [0, 0.05) is 5.69 Å². The molecule has 3 aromatic rings. The van der Waals surface area contributed by atoms with Crippen LogP contribution in [0.4, 0.5) is 10.1 Å². The third-order valence-corrected chi connectivity index (χ3v) is 3.93. The zero-order valence-electron chi connectivity index (χ0n) is 13.2. The minimum Gasteiger partial charge on any atom is -0.366 e. The Labute approximate surface area is 151 Å². The van der Waals surface area contributed by atoms with E-state index in [4.69, 9.17) is 17.3 Å². The maximum absolute atomic E-state index is 13.3. The Morgan fingerprint density at radius 1 is 1.23 bits per heavy atom. The predicted molar refractivity (Wildman–Crippen MR) is 94.6 cm³/mol. The first kappa shape index (κ1) is 17.6. The number of hydrogen-bond donors (Lipinski definition) is 2. The Balaban J connectivity index is 1.81. The second-order valence-corrected chi connectivity index (χ2v) is 5.85. The molecule has 0 fully saturated rings. The summed E-state index contributed by atoms with van der Waals surface area (Å²) >= 11 is 5.92. The Hall–Kier alpha value is -3.26. The molecular formula is C17H12ClFN4O3. The lowest BCUT2D eigenvalue weighted by molar-refractivity contribution is -0.116. The van der Waals surface area contributed by atoms with Crippen molar-refractivity contribution in [3.63, 3.8) is 0 Å². The van der Waals surface area contributed by atoms with Crippen molar-refractivity contribution in [2.45, 2.75) is 6.54 Å². The number of amides is 2. The number of anilines is 1. The molecule has 3 N–H and O–H groups in total. The number of fused-ring (bicyclic) bond motifs is 1. The Bertz CT molecular complexity index is 1100. The number of benzene rings is 2. The molecule has 0 atom stereocenters. The highest BCUT2D eigenvalue weighted by molar-refractivity contribution is 6.34. The molecule has 0 saturated heterocycles. The number of carbonyl (C=O) groups is 2. The quantitative estimate of drug-likeness (QED) is 0.727. The maximum Gasteiger partial charge on any atom is 0.261 e.